The van der Waals surface area contributed by atoms with Crippen molar-refractivity contribution in [2.45, 2.75) is 18.8 Å². The average Bonchev–Trinajstić information content (AvgIpc) is 2.75. The fourth-order valence-electron chi connectivity index (χ4n) is 2.12. The van der Waals surface area contributed by atoms with Crippen LogP contribution in [0, 0.1) is 0 Å². The molecule has 0 aliphatic carbocycles. The predicted octanol–water partition coefficient (Wildman–Crippen LogP) is 3.10. The third kappa shape index (κ3) is 1.76. The first-order valence-electron chi connectivity index (χ1n) is 5.43. The second-order valence-electron chi connectivity index (χ2n) is 4.02. The van der Waals surface area contributed by atoms with Gasteiger partial charge < -0.3 is 0 Å². The molecule has 1 fully saturated rings. The molecule has 0 saturated carbocycles. The van der Waals surface area contributed by atoms with Crippen molar-refractivity contribution in [2.75, 3.05) is 11.5 Å². The summed E-state index contributed by atoms with van der Waals surface area (Å²) in [5, 5.41) is 8.60. The van der Waals surface area contributed by atoms with Gasteiger partial charge in [-0.3, -0.25) is 4.40 Å². The minimum atomic E-state index is 0.558. The minimum Gasteiger partial charge on any atom is -0.285 e. The van der Waals surface area contributed by atoms with Gasteiger partial charge in [-0.15, -0.1) is 10.2 Å². The Kier molecular flexibility index (Phi) is 2.90. The molecule has 0 bridgehead atoms. The molecule has 5 heteroatoms. The number of hydrogen-bond donors (Lipinski definition) is 0. The van der Waals surface area contributed by atoms with Crippen molar-refractivity contribution < 1.29 is 0 Å². The van der Waals surface area contributed by atoms with Crippen molar-refractivity contribution in [3.05, 3.63) is 28.6 Å². The van der Waals surface area contributed by atoms with Crippen molar-refractivity contribution in [3.63, 3.8) is 0 Å². The van der Waals surface area contributed by atoms with Gasteiger partial charge in [0.1, 0.15) is 5.82 Å². The highest BCUT2D eigenvalue weighted by Crippen LogP contribution is 2.31. The van der Waals surface area contributed by atoms with E-state index in [0.717, 1.165) is 15.9 Å². The van der Waals surface area contributed by atoms with Gasteiger partial charge in [0.25, 0.3) is 0 Å². The zero-order valence-electron chi connectivity index (χ0n) is 8.77. The van der Waals surface area contributed by atoms with Gasteiger partial charge in [-0.2, -0.15) is 11.8 Å². The molecular formula is C11H12BrN3S. The van der Waals surface area contributed by atoms with Gasteiger partial charge in [0.15, 0.2) is 5.65 Å². The molecule has 3 rings (SSSR count). The molecule has 3 nitrogen and oxygen atoms in total. The van der Waals surface area contributed by atoms with Gasteiger partial charge in [-0.05, 0) is 46.7 Å². The maximum Gasteiger partial charge on any atom is 0.175 e. The molecule has 16 heavy (non-hydrogen) atoms. The number of rotatable bonds is 1. The lowest BCUT2D eigenvalue weighted by Crippen LogP contribution is -2.12. The van der Waals surface area contributed by atoms with E-state index in [2.05, 4.69) is 36.7 Å². The predicted molar refractivity (Wildman–Crippen MR) is 70.0 cm³/mol. The van der Waals surface area contributed by atoms with Crippen LogP contribution in [0.25, 0.3) is 5.65 Å². The topological polar surface area (TPSA) is 30.2 Å². The van der Waals surface area contributed by atoms with Crippen LogP contribution >= 0.6 is 27.7 Å². The zero-order chi connectivity index (χ0) is 11.0. The number of aromatic nitrogens is 3. The molecule has 1 aliphatic heterocycles. The fraction of sp³-hybridized carbons (Fsp3) is 0.455. The van der Waals surface area contributed by atoms with Crippen LogP contribution in [0.15, 0.2) is 22.8 Å². The van der Waals surface area contributed by atoms with Gasteiger partial charge in [0.2, 0.25) is 0 Å². The third-order valence-electron chi connectivity index (χ3n) is 2.94. The highest BCUT2D eigenvalue weighted by atomic mass is 79.9. The van der Waals surface area contributed by atoms with Gasteiger partial charge in [-0.25, -0.2) is 0 Å². The number of nitrogens with zero attached hydrogens (tertiary/aromatic N) is 3. The van der Waals surface area contributed by atoms with Crippen LogP contribution in [0.1, 0.15) is 24.6 Å². The number of halogens is 1. The second-order valence-corrected chi connectivity index (χ2v) is 6.03. The summed E-state index contributed by atoms with van der Waals surface area (Å²) in [6.07, 6.45) is 4.58. The largest absolute Gasteiger partial charge is 0.285 e. The van der Waals surface area contributed by atoms with E-state index in [1.54, 1.807) is 0 Å². The third-order valence-corrected chi connectivity index (χ3v) is 4.77. The molecule has 2 aromatic rings. The summed E-state index contributed by atoms with van der Waals surface area (Å²) >= 11 is 5.53. The molecule has 2 aromatic heterocycles. The maximum absolute atomic E-state index is 4.35. The van der Waals surface area contributed by atoms with E-state index in [1.165, 1.54) is 24.3 Å². The number of thioether (sulfide) groups is 1. The van der Waals surface area contributed by atoms with E-state index in [1.807, 2.05) is 23.9 Å². The standard InChI is InChI=1S/C11H12BrN3S/c12-9-4-1-5-15-10(13-14-11(9)15)8-3-2-6-16-7-8/h1,4-5,8H,2-3,6-7H2. The van der Waals surface area contributed by atoms with Crippen molar-refractivity contribution in [1.29, 1.82) is 0 Å². The van der Waals surface area contributed by atoms with Crippen molar-refractivity contribution in [3.8, 4) is 0 Å². The molecule has 0 radical (unpaired) electrons. The van der Waals surface area contributed by atoms with Gasteiger partial charge in [-0.1, -0.05) is 0 Å². The summed E-state index contributed by atoms with van der Waals surface area (Å²) in [7, 11) is 0. The molecule has 0 N–H and O–H groups in total. The summed E-state index contributed by atoms with van der Waals surface area (Å²) in [6.45, 7) is 0. The molecular weight excluding hydrogens is 286 g/mol. The Hall–Kier alpha value is -0.550. The molecule has 3 heterocycles. The molecule has 1 saturated heterocycles. The summed E-state index contributed by atoms with van der Waals surface area (Å²) in [4.78, 5) is 0. The monoisotopic (exact) mass is 297 g/mol. The summed E-state index contributed by atoms with van der Waals surface area (Å²) in [5.41, 5.74) is 0.924. The molecule has 1 atom stereocenters. The highest BCUT2D eigenvalue weighted by molar-refractivity contribution is 9.10. The van der Waals surface area contributed by atoms with E-state index in [0.29, 0.717) is 5.92 Å². The first kappa shape index (κ1) is 10.6. The zero-order valence-corrected chi connectivity index (χ0v) is 11.2. The summed E-state index contributed by atoms with van der Waals surface area (Å²) in [6, 6.07) is 4.03. The van der Waals surface area contributed by atoms with Crippen molar-refractivity contribution in [2.24, 2.45) is 0 Å². The lowest BCUT2D eigenvalue weighted by atomic mass is 10.1. The first-order chi connectivity index (χ1) is 7.86. The molecule has 0 amide bonds. The second kappa shape index (κ2) is 4.37. The van der Waals surface area contributed by atoms with Crippen LogP contribution in [0.5, 0.6) is 0 Å². The quantitative estimate of drug-likeness (QED) is 0.810. The average molecular weight is 298 g/mol. The van der Waals surface area contributed by atoms with Crippen LogP contribution in [0.2, 0.25) is 0 Å². The Bertz CT molecular complexity index is 505. The van der Waals surface area contributed by atoms with E-state index in [9.17, 15) is 0 Å². The first-order valence-corrected chi connectivity index (χ1v) is 7.38. The van der Waals surface area contributed by atoms with E-state index >= 15 is 0 Å². The van der Waals surface area contributed by atoms with Crippen LogP contribution < -0.4 is 0 Å². The minimum absolute atomic E-state index is 0.558. The smallest absolute Gasteiger partial charge is 0.175 e. The van der Waals surface area contributed by atoms with Crippen LogP contribution in [-0.2, 0) is 0 Å². The van der Waals surface area contributed by atoms with Gasteiger partial charge in [0.05, 0.1) is 4.47 Å². The van der Waals surface area contributed by atoms with Crippen molar-refractivity contribution in [1.82, 2.24) is 14.6 Å². The molecule has 0 aromatic carbocycles. The molecule has 1 aliphatic rings. The Morgan fingerprint density at radius 3 is 3.19 bits per heavy atom. The lowest BCUT2D eigenvalue weighted by molar-refractivity contribution is 0.617. The van der Waals surface area contributed by atoms with Gasteiger partial charge >= 0.3 is 0 Å². The molecule has 84 valence electrons. The van der Waals surface area contributed by atoms with E-state index in [4.69, 9.17) is 0 Å². The number of hydrogen-bond acceptors (Lipinski definition) is 3. The Morgan fingerprint density at radius 2 is 2.38 bits per heavy atom. The van der Waals surface area contributed by atoms with E-state index < -0.39 is 0 Å². The van der Waals surface area contributed by atoms with E-state index in [-0.39, 0.29) is 0 Å². The maximum atomic E-state index is 4.35. The fourth-order valence-corrected chi connectivity index (χ4v) is 3.68. The SMILES string of the molecule is Brc1cccn2c(C3CCCSC3)nnc12. The number of pyridine rings is 1. The van der Waals surface area contributed by atoms with Crippen LogP contribution in [0.4, 0.5) is 0 Å². The summed E-state index contributed by atoms with van der Waals surface area (Å²) in [5.74, 6) is 4.14. The molecule has 1 unspecified atom stereocenters. The van der Waals surface area contributed by atoms with Crippen LogP contribution in [-0.4, -0.2) is 26.1 Å². The Labute approximate surface area is 107 Å². The lowest BCUT2D eigenvalue weighted by Gasteiger charge is -2.19. The summed E-state index contributed by atoms with van der Waals surface area (Å²) < 4.78 is 3.12. The normalized spacial score (nSPS) is 21.4. The van der Waals surface area contributed by atoms with Crippen molar-refractivity contribution >= 4 is 33.3 Å². The molecule has 0 spiro atoms. The Balaban J connectivity index is 2.06. The number of fused-ring (bicyclic) bond motifs is 1. The van der Waals surface area contributed by atoms with Crippen LogP contribution in [0.3, 0.4) is 0 Å². The van der Waals surface area contributed by atoms with Gasteiger partial charge in [0, 0.05) is 17.9 Å². The Morgan fingerprint density at radius 1 is 1.44 bits per heavy atom. The highest BCUT2D eigenvalue weighted by Gasteiger charge is 2.21.